The second-order valence-corrected chi connectivity index (χ2v) is 7.62. The fraction of sp³-hybridized carbons (Fsp3) is 0.250. The molecule has 0 bridgehead atoms. The van der Waals surface area contributed by atoms with Gasteiger partial charge in [-0.3, -0.25) is 4.79 Å². The van der Waals surface area contributed by atoms with Crippen LogP contribution >= 0.6 is 0 Å². The normalized spacial score (nSPS) is 11.0. The van der Waals surface area contributed by atoms with Gasteiger partial charge in [0.2, 0.25) is 5.91 Å². The highest BCUT2D eigenvalue weighted by Crippen LogP contribution is 2.20. The van der Waals surface area contributed by atoms with Crippen LogP contribution in [0.4, 0.5) is 5.69 Å². The molecule has 0 unspecified atom stereocenters. The van der Waals surface area contributed by atoms with Crippen LogP contribution < -0.4 is 9.64 Å². The van der Waals surface area contributed by atoms with Crippen LogP contribution in [0.25, 0.3) is 5.78 Å². The Morgan fingerprint density at radius 1 is 1.00 bits per heavy atom. The Kier molecular flexibility index (Phi) is 5.66. The van der Waals surface area contributed by atoms with Gasteiger partial charge in [-0.05, 0) is 56.7 Å². The average Bonchev–Trinajstić information content (AvgIpc) is 3.16. The van der Waals surface area contributed by atoms with Crippen LogP contribution in [0, 0.1) is 20.8 Å². The van der Waals surface area contributed by atoms with E-state index < -0.39 is 0 Å². The Bertz CT molecular complexity index is 1210. The lowest BCUT2D eigenvalue weighted by Crippen LogP contribution is -2.32. The molecular weight excluding hydrogens is 390 g/mol. The number of carbonyl (C=O) groups is 1. The molecule has 2 aromatic carbocycles. The van der Waals surface area contributed by atoms with E-state index in [2.05, 4.69) is 15.1 Å². The van der Waals surface area contributed by atoms with Crippen LogP contribution in [-0.4, -0.2) is 32.6 Å². The summed E-state index contributed by atoms with van der Waals surface area (Å²) in [5, 5.41) is 4.58. The number of ether oxygens (including phenoxy) is 1. The van der Waals surface area contributed by atoms with Crippen molar-refractivity contribution in [2.75, 3.05) is 12.0 Å². The number of aromatic nitrogens is 4. The number of benzene rings is 2. The number of hydrogen-bond acceptors (Lipinski definition) is 5. The standard InChI is InChI=1S/C24H25N5O2/c1-16-5-9-20(10-6-16)28(23(30)14-19-7-11-21(31-4)12-8-19)15-22-26-24-25-17(2)13-18(3)29(24)27-22/h5-13H,14-15H2,1-4H3. The molecule has 0 aliphatic rings. The fourth-order valence-corrected chi connectivity index (χ4v) is 3.48. The summed E-state index contributed by atoms with van der Waals surface area (Å²) in [5.74, 6) is 1.82. The molecule has 0 fully saturated rings. The number of methoxy groups -OCH3 is 1. The summed E-state index contributed by atoms with van der Waals surface area (Å²) in [6, 6.07) is 17.4. The van der Waals surface area contributed by atoms with Gasteiger partial charge in [-0.1, -0.05) is 29.8 Å². The van der Waals surface area contributed by atoms with Crippen molar-refractivity contribution in [2.45, 2.75) is 33.7 Å². The summed E-state index contributed by atoms with van der Waals surface area (Å²) in [5.41, 5.74) is 4.69. The average molecular weight is 415 g/mol. The first-order valence-corrected chi connectivity index (χ1v) is 10.1. The zero-order valence-electron chi connectivity index (χ0n) is 18.2. The molecule has 0 atom stereocenters. The molecule has 0 saturated carbocycles. The van der Waals surface area contributed by atoms with Crippen LogP contribution in [-0.2, 0) is 17.8 Å². The van der Waals surface area contributed by atoms with Crippen LogP contribution in [0.2, 0.25) is 0 Å². The van der Waals surface area contributed by atoms with Gasteiger partial charge < -0.3 is 9.64 Å². The summed E-state index contributed by atoms with van der Waals surface area (Å²) < 4.78 is 6.92. The summed E-state index contributed by atoms with van der Waals surface area (Å²) >= 11 is 0. The van der Waals surface area contributed by atoms with Gasteiger partial charge in [0.1, 0.15) is 5.75 Å². The van der Waals surface area contributed by atoms with E-state index >= 15 is 0 Å². The van der Waals surface area contributed by atoms with Crippen molar-refractivity contribution in [3.63, 3.8) is 0 Å². The first kappa shape index (κ1) is 20.5. The van der Waals surface area contributed by atoms with Gasteiger partial charge in [0.05, 0.1) is 20.1 Å². The maximum atomic E-state index is 13.3. The van der Waals surface area contributed by atoms with Crippen molar-refractivity contribution in [1.29, 1.82) is 0 Å². The van der Waals surface area contributed by atoms with Crippen molar-refractivity contribution in [3.05, 3.63) is 82.9 Å². The third-order valence-corrected chi connectivity index (χ3v) is 5.12. The first-order valence-electron chi connectivity index (χ1n) is 10.1. The smallest absolute Gasteiger partial charge is 0.252 e. The molecule has 0 aliphatic carbocycles. The summed E-state index contributed by atoms with van der Waals surface area (Å²) in [6.45, 7) is 6.18. The quantitative estimate of drug-likeness (QED) is 0.479. The third kappa shape index (κ3) is 4.55. The molecule has 7 heteroatoms. The zero-order chi connectivity index (χ0) is 22.0. The molecule has 4 aromatic rings. The number of fused-ring (bicyclic) bond motifs is 1. The third-order valence-electron chi connectivity index (χ3n) is 5.12. The minimum atomic E-state index is -0.0336. The van der Waals surface area contributed by atoms with Crippen molar-refractivity contribution >= 4 is 17.4 Å². The van der Waals surface area contributed by atoms with Crippen LogP contribution in [0.15, 0.2) is 54.6 Å². The SMILES string of the molecule is COc1ccc(CC(=O)N(Cc2nc3nc(C)cc(C)n3n2)c2ccc(C)cc2)cc1. The van der Waals surface area contributed by atoms with Crippen molar-refractivity contribution in [2.24, 2.45) is 0 Å². The highest BCUT2D eigenvalue weighted by molar-refractivity contribution is 5.94. The van der Waals surface area contributed by atoms with E-state index in [9.17, 15) is 4.79 Å². The number of carbonyl (C=O) groups excluding carboxylic acids is 1. The van der Waals surface area contributed by atoms with Gasteiger partial charge in [0.15, 0.2) is 5.82 Å². The van der Waals surface area contributed by atoms with E-state index in [1.807, 2.05) is 75.4 Å². The lowest BCUT2D eigenvalue weighted by Gasteiger charge is -2.22. The molecule has 158 valence electrons. The Hall–Kier alpha value is -3.74. The Balaban J connectivity index is 1.64. The van der Waals surface area contributed by atoms with Crippen LogP contribution in [0.5, 0.6) is 5.75 Å². The maximum absolute atomic E-state index is 13.3. The molecule has 1 amide bonds. The lowest BCUT2D eigenvalue weighted by atomic mass is 10.1. The molecule has 7 nitrogen and oxygen atoms in total. The van der Waals surface area contributed by atoms with Gasteiger partial charge >= 0.3 is 0 Å². The number of hydrogen-bond donors (Lipinski definition) is 0. The molecule has 4 rings (SSSR count). The molecule has 31 heavy (non-hydrogen) atoms. The zero-order valence-corrected chi connectivity index (χ0v) is 18.2. The molecular formula is C24H25N5O2. The molecule has 0 N–H and O–H groups in total. The molecule has 0 radical (unpaired) electrons. The molecule has 2 aromatic heterocycles. The number of amides is 1. The Morgan fingerprint density at radius 3 is 2.39 bits per heavy atom. The van der Waals surface area contributed by atoms with E-state index in [1.54, 1.807) is 16.5 Å². The van der Waals surface area contributed by atoms with E-state index in [-0.39, 0.29) is 18.9 Å². The molecule has 0 spiro atoms. The van der Waals surface area contributed by atoms with E-state index in [4.69, 9.17) is 4.74 Å². The minimum Gasteiger partial charge on any atom is -0.497 e. The highest BCUT2D eigenvalue weighted by atomic mass is 16.5. The van der Waals surface area contributed by atoms with Gasteiger partial charge in [-0.15, -0.1) is 5.10 Å². The molecule has 0 saturated heterocycles. The van der Waals surface area contributed by atoms with E-state index in [1.165, 1.54) is 0 Å². The van der Waals surface area contributed by atoms with Crippen molar-refractivity contribution in [3.8, 4) is 5.75 Å². The maximum Gasteiger partial charge on any atom is 0.252 e. The topological polar surface area (TPSA) is 72.6 Å². The Morgan fingerprint density at radius 2 is 1.71 bits per heavy atom. The summed E-state index contributed by atoms with van der Waals surface area (Å²) in [6.07, 6.45) is 0.266. The molecule has 0 aliphatic heterocycles. The van der Waals surface area contributed by atoms with Gasteiger partial charge in [-0.25, -0.2) is 9.50 Å². The second kappa shape index (κ2) is 8.55. The number of anilines is 1. The van der Waals surface area contributed by atoms with Crippen LogP contribution in [0.1, 0.15) is 28.3 Å². The Labute approximate surface area is 181 Å². The monoisotopic (exact) mass is 415 g/mol. The van der Waals surface area contributed by atoms with E-state index in [0.717, 1.165) is 34.0 Å². The van der Waals surface area contributed by atoms with Crippen molar-refractivity contribution < 1.29 is 9.53 Å². The molecule has 2 heterocycles. The predicted octanol–water partition coefficient (Wildman–Crippen LogP) is 3.83. The van der Waals surface area contributed by atoms with Crippen molar-refractivity contribution in [1.82, 2.24) is 19.6 Å². The minimum absolute atomic E-state index is 0.0336. The summed E-state index contributed by atoms with van der Waals surface area (Å²) in [4.78, 5) is 24.0. The largest absolute Gasteiger partial charge is 0.497 e. The highest BCUT2D eigenvalue weighted by Gasteiger charge is 2.20. The fourth-order valence-electron chi connectivity index (χ4n) is 3.48. The van der Waals surface area contributed by atoms with Crippen LogP contribution in [0.3, 0.4) is 0 Å². The lowest BCUT2D eigenvalue weighted by molar-refractivity contribution is -0.118. The first-order chi connectivity index (χ1) is 14.9. The van der Waals surface area contributed by atoms with Gasteiger partial charge in [0, 0.05) is 17.1 Å². The second-order valence-electron chi connectivity index (χ2n) is 7.62. The summed E-state index contributed by atoms with van der Waals surface area (Å²) in [7, 11) is 1.62. The number of rotatable bonds is 6. The van der Waals surface area contributed by atoms with E-state index in [0.29, 0.717) is 11.6 Å². The number of aryl methyl sites for hydroxylation is 3. The predicted molar refractivity (Wildman–Crippen MR) is 119 cm³/mol. The van der Waals surface area contributed by atoms with Gasteiger partial charge in [-0.2, -0.15) is 4.98 Å². The van der Waals surface area contributed by atoms with Gasteiger partial charge in [0.25, 0.3) is 5.78 Å². The number of nitrogens with zero attached hydrogens (tertiary/aromatic N) is 5.